The molecule has 5 rings (SSSR count). The number of nitrogens with zero attached hydrogens (tertiary/aromatic N) is 8. The molecule has 1 fully saturated rings. The number of fused-ring (bicyclic) bond motifs is 2. The fourth-order valence-corrected chi connectivity index (χ4v) is 9.85. The molecule has 0 spiro atoms. The molecule has 2 aromatic heterocycles. The maximum Gasteiger partial charge on any atom is 0.270 e. The summed E-state index contributed by atoms with van der Waals surface area (Å²) in [4.78, 5) is 161. The van der Waals surface area contributed by atoms with Gasteiger partial charge in [0.1, 0.15) is 47.6 Å². The van der Waals surface area contributed by atoms with Crippen LogP contribution >= 0.6 is 0 Å². The van der Waals surface area contributed by atoms with Gasteiger partial charge in [-0.1, -0.05) is 104 Å². The Morgan fingerprint density at radius 1 is 0.451 bits per heavy atom. The van der Waals surface area contributed by atoms with Gasteiger partial charge >= 0.3 is 0 Å². The number of amides is 10. The van der Waals surface area contributed by atoms with Gasteiger partial charge in [-0.05, 0) is 73.6 Å². The minimum Gasteiger partial charge on any atom is -0.352 e. The zero-order valence-corrected chi connectivity index (χ0v) is 50.0. The lowest BCUT2D eigenvalue weighted by Crippen LogP contribution is -2.60. The molecule has 0 saturated carbocycles. The zero-order valence-electron chi connectivity index (χ0n) is 50.0. The first-order chi connectivity index (χ1) is 38.6. The molecule has 6 atom stereocenters. The van der Waals surface area contributed by atoms with Crippen molar-refractivity contribution in [3.63, 3.8) is 0 Å². The van der Waals surface area contributed by atoms with Gasteiger partial charge in [-0.3, -0.25) is 47.9 Å². The predicted molar refractivity (Wildman–Crippen MR) is 311 cm³/mol. The van der Waals surface area contributed by atoms with Gasteiger partial charge in [0.2, 0.25) is 47.3 Å². The summed E-state index contributed by atoms with van der Waals surface area (Å²) < 4.78 is 0. The quantitative estimate of drug-likeness (QED) is 0.159. The van der Waals surface area contributed by atoms with E-state index < -0.39 is 122 Å². The normalized spacial score (nSPS) is 21.6. The number of pyridine rings is 2. The number of carbonyl (C=O) groups excluding carboxylic acids is 10. The van der Waals surface area contributed by atoms with Crippen LogP contribution in [0, 0.1) is 23.7 Å². The number of hydrogen-bond acceptors (Lipinski definition) is 12. The van der Waals surface area contributed by atoms with Crippen LogP contribution in [0.3, 0.4) is 0 Å². The second kappa shape index (κ2) is 29.1. The summed E-state index contributed by atoms with van der Waals surface area (Å²) in [6.45, 7) is 12.8. The van der Waals surface area contributed by atoms with Crippen LogP contribution in [0.1, 0.15) is 102 Å². The molecule has 0 bridgehead atoms. The van der Waals surface area contributed by atoms with E-state index in [-0.39, 0.29) is 60.7 Å². The van der Waals surface area contributed by atoms with E-state index in [4.69, 9.17) is 0 Å². The molecule has 1 saturated heterocycles. The highest BCUT2D eigenvalue weighted by Crippen LogP contribution is 2.21. The number of likely N-dealkylation sites (N-methyl/N-ethyl adjacent to an activating group) is 6. The first-order valence-corrected chi connectivity index (χ1v) is 28.0. The zero-order chi connectivity index (χ0) is 60.9. The van der Waals surface area contributed by atoms with Gasteiger partial charge in [0.05, 0.1) is 24.1 Å². The van der Waals surface area contributed by atoms with Crippen molar-refractivity contribution in [2.45, 2.75) is 117 Å². The van der Waals surface area contributed by atoms with Crippen LogP contribution in [0.5, 0.6) is 0 Å². The number of carbonyl (C=O) groups is 10. The second-order valence-electron chi connectivity index (χ2n) is 23.2. The Morgan fingerprint density at radius 2 is 0.768 bits per heavy atom. The van der Waals surface area contributed by atoms with Crippen LogP contribution in [0.25, 0.3) is 21.8 Å². The van der Waals surface area contributed by atoms with Crippen molar-refractivity contribution >= 4 is 80.9 Å². The van der Waals surface area contributed by atoms with E-state index >= 15 is 0 Å². The fraction of sp³-hybridized carbons (Fsp3) is 0.533. The lowest BCUT2D eigenvalue weighted by atomic mass is 9.99. The van der Waals surface area contributed by atoms with E-state index in [1.165, 1.54) is 74.0 Å². The highest BCUT2D eigenvalue weighted by Gasteiger charge is 2.40. The fourth-order valence-electron chi connectivity index (χ4n) is 9.85. The van der Waals surface area contributed by atoms with Crippen molar-refractivity contribution in [2.24, 2.45) is 23.7 Å². The lowest BCUT2D eigenvalue weighted by Gasteiger charge is -2.36. The van der Waals surface area contributed by atoms with Gasteiger partial charge in [-0.2, -0.15) is 0 Å². The van der Waals surface area contributed by atoms with Gasteiger partial charge in [-0.25, -0.2) is 9.97 Å². The van der Waals surface area contributed by atoms with Crippen molar-refractivity contribution in [2.75, 3.05) is 68.5 Å². The molecule has 444 valence electrons. The number of rotatable bonds is 12. The number of aromatic nitrogens is 2. The van der Waals surface area contributed by atoms with Gasteiger partial charge < -0.3 is 50.7 Å². The minimum atomic E-state index is -1.49. The monoisotopic (exact) mass is 1130 g/mol. The molecule has 4 N–H and O–H groups in total. The lowest BCUT2D eigenvalue weighted by molar-refractivity contribution is -0.149. The number of hydrogen-bond donors (Lipinski definition) is 4. The third-order valence-electron chi connectivity index (χ3n) is 14.6. The summed E-state index contributed by atoms with van der Waals surface area (Å²) in [6, 6.07) is 13.1. The maximum absolute atomic E-state index is 14.9. The smallest absolute Gasteiger partial charge is 0.270 e. The Kier molecular flexibility index (Phi) is 23.0. The summed E-state index contributed by atoms with van der Waals surface area (Å²) in [5, 5.41) is 12.6. The van der Waals surface area contributed by atoms with Crippen molar-refractivity contribution in [3.8, 4) is 0 Å². The first kappa shape index (κ1) is 64.8. The van der Waals surface area contributed by atoms with Gasteiger partial charge in [-0.15, -0.1) is 0 Å². The van der Waals surface area contributed by atoms with E-state index in [0.717, 1.165) is 20.6 Å². The number of benzene rings is 2. The highest BCUT2D eigenvalue weighted by atomic mass is 16.2. The third kappa shape index (κ3) is 17.0. The molecule has 22 nitrogen and oxygen atoms in total. The molecule has 2 aromatic carbocycles. The van der Waals surface area contributed by atoms with Gasteiger partial charge in [0, 0.05) is 66.1 Å². The Labute approximate surface area is 481 Å². The molecule has 0 radical (unpaired) electrons. The molecular formula is C60H84N12O10. The third-order valence-corrected chi connectivity index (χ3v) is 14.6. The summed E-state index contributed by atoms with van der Waals surface area (Å²) in [5.74, 6) is -7.50. The average molecular weight is 1130 g/mol. The first-order valence-electron chi connectivity index (χ1n) is 28.0. The van der Waals surface area contributed by atoms with E-state index in [2.05, 4.69) is 31.2 Å². The van der Waals surface area contributed by atoms with Crippen LogP contribution in [-0.2, 0) is 38.4 Å². The average Bonchev–Trinajstić information content (AvgIpc) is 3.56. The van der Waals surface area contributed by atoms with Crippen LogP contribution in [0.4, 0.5) is 0 Å². The SMILES string of the molecule is CC(C)C[C@H]1C(=O)NC[C@@H](NC(=O)c2ccc3ccccc3n2)C(=O)N(C)[C@@H](CC(C)C)C(=O)N(C)CC(=O)N(C)[C@@H](CC(C)C)C(=O)NCC(NC(=O)c2ccc3ccccc3n2)C(=O)N(C)[C@@H](CC(C)C)C(=O)N(C)CC(=O)N1C. The summed E-state index contributed by atoms with van der Waals surface area (Å²) in [5.41, 5.74) is 0.997. The molecule has 0 aliphatic carbocycles. The Bertz CT molecular complexity index is 2790. The topological polar surface area (TPSA) is 264 Å². The van der Waals surface area contributed by atoms with Crippen LogP contribution < -0.4 is 21.3 Å². The van der Waals surface area contributed by atoms with E-state index in [1.807, 2.05) is 79.7 Å². The molecular weight excluding hydrogens is 1050 g/mol. The van der Waals surface area contributed by atoms with Crippen LogP contribution in [0.2, 0.25) is 0 Å². The molecule has 3 heterocycles. The molecule has 1 aliphatic rings. The van der Waals surface area contributed by atoms with Crippen LogP contribution in [-0.4, -0.2) is 203 Å². The second-order valence-corrected chi connectivity index (χ2v) is 23.2. The Morgan fingerprint density at radius 3 is 1.10 bits per heavy atom. The van der Waals surface area contributed by atoms with Crippen molar-refractivity contribution in [1.29, 1.82) is 0 Å². The molecule has 82 heavy (non-hydrogen) atoms. The van der Waals surface area contributed by atoms with Crippen molar-refractivity contribution in [3.05, 3.63) is 84.2 Å². The largest absolute Gasteiger partial charge is 0.352 e. The molecule has 10 amide bonds. The van der Waals surface area contributed by atoms with Gasteiger partial charge in [0.25, 0.3) is 11.8 Å². The predicted octanol–water partition coefficient (Wildman–Crippen LogP) is 3.34. The molecule has 22 heteroatoms. The highest BCUT2D eigenvalue weighted by molar-refractivity contribution is 6.01. The maximum atomic E-state index is 14.9. The molecule has 1 unspecified atom stereocenters. The standard InChI is InChI=1S/C60H84N12O10/c1-35(2)27-47-55(77)61-31-45(65-53(75)43-25-23-39-19-15-17-21-41(39)63-43)57(79)71(13)50(30-38(7)8)60(82)68(10)34-52(74)70(12)48(28-36(3)4)56(78)62-32-46(66-54(76)44-26-24-40-20-16-18-22-42(40)64-44)58(80)72(14)49(29-37(5)6)59(81)67(9)33-51(73)69(47)11/h15-26,35-38,45-50H,27-34H2,1-14H3,(H,61,77)(H,62,78)(H,65,75)(H,66,76)/t45-,46?,47+,48+,49+,50+/m1/s1. The van der Waals surface area contributed by atoms with Gasteiger partial charge in [0.15, 0.2) is 0 Å². The minimum absolute atomic E-state index is 0.0212. The summed E-state index contributed by atoms with van der Waals surface area (Å²) in [7, 11) is 8.45. The number of para-hydroxylation sites is 2. The molecule has 1 aliphatic heterocycles. The van der Waals surface area contributed by atoms with E-state index in [9.17, 15) is 47.9 Å². The molecule has 4 aromatic rings. The van der Waals surface area contributed by atoms with E-state index in [0.29, 0.717) is 11.0 Å². The summed E-state index contributed by atoms with van der Waals surface area (Å²) >= 11 is 0. The Balaban J connectivity index is 1.58. The van der Waals surface area contributed by atoms with Crippen LogP contribution in [0.15, 0.2) is 72.8 Å². The van der Waals surface area contributed by atoms with Crippen molar-refractivity contribution in [1.82, 2.24) is 60.6 Å². The summed E-state index contributed by atoms with van der Waals surface area (Å²) in [6.07, 6.45) is 0.529. The number of nitrogens with one attached hydrogen (secondary N) is 4. The Hall–Kier alpha value is -8.04. The van der Waals surface area contributed by atoms with E-state index in [1.54, 1.807) is 36.4 Å². The van der Waals surface area contributed by atoms with Crippen molar-refractivity contribution < 1.29 is 47.9 Å².